The van der Waals surface area contributed by atoms with E-state index in [2.05, 4.69) is 47.7 Å². The van der Waals surface area contributed by atoms with Gasteiger partial charge in [0.1, 0.15) is 0 Å². The van der Waals surface area contributed by atoms with Crippen molar-refractivity contribution in [2.75, 3.05) is 5.75 Å². The van der Waals surface area contributed by atoms with Crippen LogP contribution in [0.3, 0.4) is 0 Å². The molecule has 0 amide bonds. The van der Waals surface area contributed by atoms with Crippen molar-refractivity contribution in [2.45, 2.75) is 24.7 Å². The van der Waals surface area contributed by atoms with Crippen LogP contribution in [0.5, 0.6) is 0 Å². The lowest BCUT2D eigenvalue weighted by molar-refractivity contribution is 0.896. The van der Waals surface area contributed by atoms with E-state index in [1.807, 2.05) is 17.8 Å². The number of benzene rings is 1. The molecule has 12 heavy (non-hydrogen) atoms. The molecule has 0 aliphatic rings. The van der Waals surface area contributed by atoms with Crippen LogP contribution >= 0.6 is 34.4 Å². The van der Waals surface area contributed by atoms with E-state index in [0.717, 1.165) is 0 Å². The summed E-state index contributed by atoms with van der Waals surface area (Å²) in [5.74, 6) is 1.23. The molecule has 1 rings (SSSR count). The van der Waals surface area contributed by atoms with Gasteiger partial charge in [-0.15, -0.1) is 11.8 Å². The normalized spacial score (nSPS) is 10.2. The summed E-state index contributed by atoms with van der Waals surface area (Å²) in [6, 6.07) is 9.37. The van der Waals surface area contributed by atoms with Gasteiger partial charge in [0.25, 0.3) is 0 Å². The molecule has 0 unspecified atom stereocenters. The highest BCUT2D eigenvalue weighted by atomic mass is 127. The van der Waals surface area contributed by atoms with Gasteiger partial charge in [-0.2, -0.15) is 0 Å². The zero-order valence-electron chi connectivity index (χ0n) is 7.14. The van der Waals surface area contributed by atoms with Gasteiger partial charge in [0, 0.05) is 8.47 Å². The molecule has 1 aromatic rings. The Labute approximate surface area is 92.3 Å². The van der Waals surface area contributed by atoms with Gasteiger partial charge in [-0.1, -0.05) is 25.5 Å². The van der Waals surface area contributed by atoms with E-state index < -0.39 is 0 Å². The van der Waals surface area contributed by atoms with Crippen molar-refractivity contribution in [1.82, 2.24) is 0 Å². The lowest BCUT2D eigenvalue weighted by atomic mass is 10.4. The lowest BCUT2D eigenvalue weighted by Gasteiger charge is -2.01. The van der Waals surface area contributed by atoms with Crippen LogP contribution in [0.1, 0.15) is 19.8 Å². The van der Waals surface area contributed by atoms with Crippen molar-refractivity contribution in [3.63, 3.8) is 0 Å². The maximum atomic E-state index is 3.19. The first-order valence-corrected chi connectivity index (χ1v) is 6.20. The van der Waals surface area contributed by atoms with Crippen molar-refractivity contribution >= 4 is 34.4 Å². The second-order valence-electron chi connectivity index (χ2n) is 2.55. The van der Waals surface area contributed by atoms with Gasteiger partial charge in [0.2, 0.25) is 0 Å². The summed E-state index contributed by atoms with van der Waals surface area (Å²) in [7, 11) is 0. The SMILES string of the molecule is CCCCSc1ccc[c]c1I. The van der Waals surface area contributed by atoms with Crippen LogP contribution in [-0.4, -0.2) is 5.75 Å². The molecule has 0 saturated carbocycles. The minimum atomic E-state index is 1.23. The highest BCUT2D eigenvalue weighted by Gasteiger charge is 1.97. The zero-order chi connectivity index (χ0) is 8.81. The van der Waals surface area contributed by atoms with Crippen LogP contribution < -0.4 is 0 Å². The van der Waals surface area contributed by atoms with Crippen LogP contribution in [-0.2, 0) is 0 Å². The summed E-state index contributed by atoms with van der Waals surface area (Å²) in [4.78, 5) is 1.37. The van der Waals surface area contributed by atoms with Gasteiger partial charge >= 0.3 is 0 Å². The van der Waals surface area contributed by atoms with Crippen LogP contribution in [0, 0.1) is 9.64 Å². The predicted octanol–water partition coefficient (Wildman–Crippen LogP) is 3.98. The molecule has 0 bridgehead atoms. The summed E-state index contributed by atoms with van der Waals surface area (Å²) in [5, 5.41) is 0. The third-order valence-electron chi connectivity index (χ3n) is 1.53. The molecule has 1 radical (unpaired) electrons. The monoisotopic (exact) mass is 291 g/mol. The molecular weight excluding hydrogens is 279 g/mol. The smallest absolute Gasteiger partial charge is 0.0345 e. The van der Waals surface area contributed by atoms with E-state index in [9.17, 15) is 0 Å². The molecule has 0 aromatic heterocycles. The van der Waals surface area contributed by atoms with Gasteiger partial charge in [-0.3, -0.25) is 0 Å². The van der Waals surface area contributed by atoms with E-state index >= 15 is 0 Å². The average Bonchev–Trinajstić information content (AvgIpc) is 2.09. The average molecular weight is 291 g/mol. The molecule has 1 aromatic carbocycles. The molecule has 0 atom stereocenters. The number of hydrogen-bond donors (Lipinski definition) is 0. The number of halogens is 1. The molecule has 65 valence electrons. The molecule has 0 N–H and O–H groups in total. The highest BCUT2D eigenvalue weighted by molar-refractivity contribution is 14.1. The fraction of sp³-hybridized carbons (Fsp3) is 0.400. The van der Waals surface area contributed by atoms with E-state index in [1.165, 1.54) is 27.1 Å². The largest absolute Gasteiger partial charge is 0.125 e. The van der Waals surface area contributed by atoms with Gasteiger partial charge in [0.05, 0.1) is 0 Å². The molecule has 0 nitrogen and oxygen atoms in total. The Morgan fingerprint density at radius 3 is 3.08 bits per heavy atom. The van der Waals surface area contributed by atoms with E-state index in [1.54, 1.807) is 0 Å². The van der Waals surface area contributed by atoms with Crippen molar-refractivity contribution in [3.05, 3.63) is 27.8 Å². The van der Waals surface area contributed by atoms with E-state index in [-0.39, 0.29) is 0 Å². The second-order valence-corrected chi connectivity index (χ2v) is 4.77. The Hall–Kier alpha value is 0.300. The Kier molecular flexibility index (Phi) is 5.07. The fourth-order valence-electron chi connectivity index (χ4n) is 0.839. The van der Waals surface area contributed by atoms with Crippen LogP contribution in [0.15, 0.2) is 23.1 Å². The first-order chi connectivity index (χ1) is 5.84. The molecule has 0 saturated heterocycles. The standard InChI is InChI=1S/C10H12IS/c1-2-3-8-12-10-7-5-4-6-9(10)11/h4-5,7H,2-3,8H2,1H3. The second kappa shape index (κ2) is 5.86. The Morgan fingerprint density at radius 2 is 2.42 bits per heavy atom. The third-order valence-corrected chi connectivity index (χ3v) is 3.93. The van der Waals surface area contributed by atoms with Crippen LogP contribution in [0.25, 0.3) is 0 Å². The molecule has 0 aliphatic carbocycles. The number of thioether (sulfide) groups is 1. The van der Waals surface area contributed by atoms with E-state index in [0.29, 0.717) is 0 Å². The summed E-state index contributed by atoms with van der Waals surface area (Å²) in [5.41, 5.74) is 0. The molecule has 0 fully saturated rings. The van der Waals surface area contributed by atoms with Crippen molar-refractivity contribution in [1.29, 1.82) is 0 Å². The first-order valence-electron chi connectivity index (χ1n) is 4.13. The number of unbranched alkanes of at least 4 members (excludes halogenated alkanes) is 1. The van der Waals surface area contributed by atoms with Crippen molar-refractivity contribution in [2.24, 2.45) is 0 Å². The predicted molar refractivity (Wildman–Crippen MR) is 63.6 cm³/mol. The topological polar surface area (TPSA) is 0 Å². The first kappa shape index (κ1) is 10.4. The maximum Gasteiger partial charge on any atom is 0.0345 e. The molecule has 0 spiro atoms. The minimum Gasteiger partial charge on any atom is -0.125 e. The summed E-state index contributed by atoms with van der Waals surface area (Å²) in [6.07, 6.45) is 2.58. The quantitative estimate of drug-likeness (QED) is 0.459. The Morgan fingerprint density at radius 1 is 1.58 bits per heavy atom. The third kappa shape index (κ3) is 3.35. The summed E-state index contributed by atoms with van der Waals surface area (Å²) < 4.78 is 1.25. The highest BCUT2D eigenvalue weighted by Crippen LogP contribution is 2.24. The summed E-state index contributed by atoms with van der Waals surface area (Å²) >= 11 is 4.27. The summed E-state index contributed by atoms with van der Waals surface area (Å²) in [6.45, 7) is 2.22. The van der Waals surface area contributed by atoms with Gasteiger partial charge in [-0.25, -0.2) is 0 Å². The number of rotatable bonds is 4. The molecule has 0 heterocycles. The Bertz CT molecular complexity index is 235. The van der Waals surface area contributed by atoms with Gasteiger partial charge in [-0.05, 0) is 46.9 Å². The van der Waals surface area contributed by atoms with E-state index in [4.69, 9.17) is 0 Å². The fourth-order valence-corrected chi connectivity index (χ4v) is 2.68. The van der Waals surface area contributed by atoms with Gasteiger partial charge in [0.15, 0.2) is 0 Å². The number of hydrogen-bond acceptors (Lipinski definition) is 1. The van der Waals surface area contributed by atoms with Crippen LogP contribution in [0.4, 0.5) is 0 Å². The lowest BCUT2D eigenvalue weighted by Crippen LogP contribution is -1.81. The Balaban J connectivity index is 2.46. The molecule has 0 aliphatic heterocycles. The minimum absolute atomic E-state index is 1.23. The van der Waals surface area contributed by atoms with Gasteiger partial charge < -0.3 is 0 Å². The van der Waals surface area contributed by atoms with Crippen molar-refractivity contribution in [3.8, 4) is 0 Å². The molecule has 2 heteroatoms. The molecular formula is C10H12IS. The zero-order valence-corrected chi connectivity index (χ0v) is 10.1. The van der Waals surface area contributed by atoms with Crippen molar-refractivity contribution < 1.29 is 0 Å². The maximum absolute atomic E-state index is 3.19. The van der Waals surface area contributed by atoms with Crippen LogP contribution in [0.2, 0.25) is 0 Å².